The number of azide groups is 1. The van der Waals surface area contributed by atoms with Gasteiger partial charge in [0.2, 0.25) is 5.91 Å². The molecule has 2 amide bonds. The van der Waals surface area contributed by atoms with Crippen LogP contribution in [0, 0.1) is 0 Å². The first-order valence-corrected chi connectivity index (χ1v) is 10.1. The highest BCUT2D eigenvalue weighted by Crippen LogP contribution is 2.14. The molecular weight excluding hydrogens is 394 g/mol. The standard InChI is InChI=1S/C19H37N5O6/c1-18(2,3)30-17(26)22-9-14-28-13-8-21-16(25)6-11-29-19(4,5)7-12-27-15-10-23-24-20/h6-15H2,1-5H3,(H,21,25)(H,22,26). The van der Waals surface area contributed by atoms with Crippen LogP contribution in [0.4, 0.5) is 4.79 Å². The van der Waals surface area contributed by atoms with Crippen molar-refractivity contribution in [3.63, 3.8) is 0 Å². The van der Waals surface area contributed by atoms with Crippen LogP contribution < -0.4 is 10.6 Å². The van der Waals surface area contributed by atoms with Crippen molar-refractivity contribution in [1.29, 1.82) is 0 Å². The van der Waals surface area contributed by atoms with Crippen molar-refractivity contribution in [1.82, 2.24) is 10.6 Å². The van der Waals surface area contributed by atoms with E-state index in [4.69, 9.17) is 24.5 Å². The number of hydrogen-bond acceptors (Lipinski definition) is 7. The molecule has 0 fully saturated rings. The van der Waals surface area contributed by atoms with Crippen LogP contribution in [0.25, 0.3) is 10.4 Å². The molecule has 0 spiro atoms. The van der Waals surface area contributed by atoms with E-state index in [2.05, 4.69) is 20.7 Å². The average Bonchev–Trinajstić information content (AvgIpc) is 2.62. The first kappa shape index (κ1) is 27.9. The summed E-state index contributed by atoms with van der Waals surface area (Å²) in [5.74, 6) is -0.119. The number of carbonyl (C=O) groups excluding carboxylic acids is 2. The molecule has 0 aliphatic rings. The van der Waals surface area contributed by atoms with Gasteiger partial charge in [-0.3, -0.25) is 4.79 Å². The normalized spacial score (nSPS) is 11.5. The third kappa shape index (κ3) is 19.3. The molecule has 11 heteroatoms. The highest BCUT2D eigenvalue weighted by Gasteiger charge is 2.18. The lowest BCUT2D eigenvalue weighted by molar-refractivity contribution is -0.124. The lowest BCUT2D eigenvalue weighted by atomic mass is 10.1. The SMILES string of the molecule is CC(C)(C)OC(=O)NCCOCCNC(=O)CCOC(C)(C)CCOCCN=[N+]=[N-]. The maximum atomic E-state index is 11.8. The summed E-state index contributed by atoms with van der Waals surface area (Å²) in [6, 6.07) is 0. The average molecular weight is 432 g/mol. The second-order valence-corrected chi connectivity index (χ2v) is 8.07. The van der Waals surface area contributed by atoms with E-state index in [9.17, 15) is 9.59 Å². The highest BCUT2D eigenvalue weighted by molar-refractivity contribution is 5.75. The van der Waals surface area contributed by atoms with Crippen molar-refractivity contribution in [2.24, 2.45) is 5.11 Å². The molecule has 0 aliphatic carbocycles. The molecule has 0 radical (unpaired) electrons. The monoisotopic (exact) mass is 431 g/mol. The van der Waals surface area contributed by atoms with Crippen molar-refractivity contribution in [2.45, 2.75) is 58.7 Å². The predicted octanol–water partition coefficient (Wildman–Crippen LogP) is 2.55. The summed E-state index contributed by atoms with van der Waals surface area (Å²) in [4.78, 5) is 25.9. The van der Waals surface area contributed by atoms with Crippen molar-refractivity contribution in [2.75, 3.05) is 52.7 Å². The minimum Gasteiger partial charge on any atom is -0.444 e. The number of carbonyl (C=O) groups is 2. The molecule has 174 valence electrons. The molecule has 0 saturated heterocycles. The van der Waals surface area contributed by atoms with Crippen LogP contribution in [0.3, 0.4) is 0 Å². The zero-order valence-corrected chi connectivity index (χ0v) is 18.9. The third-order valence-corrected chi connectivity index (χ3v) is 3.55. The van der Waals surface area contributed by atoms with Crippen LogP contribution in [0.15, 0.2) is 5.11 Å². The minimum atomic E-state index is -0.532. The maximum absolute atomic E-state index is 11.8. The lowest BCUT2D eigenvalue weighted by Gasteiger charge is -2.25. The fourth-order valence-corrected chi connectivity index (χ4v) is 2.05. The van der Waals surface area contributed by atoms with Gasteiger partial charge >= 0.3 is 6.09 Å². The smallest absolute Gasteiger partial charge is 0.407 e. The minimum absolute atomic E-state index is 0.119. The lowest BCUT2D eigenvalue weighted by Crippen LogP contribution is -2.35. The van der Waals surface area contributed by atoms with E-state index in [1.54, 1.807) is 20.8 Å². The van der Waals surface area contributed by atoms with Gasteiger partial charge in [-0.2, -0.15) is 0 Å². The molecule has 0 aliphatic heterocycles. The Morgan fingerprint density at radius 3 is 2.20 bits per heavy atom. The quantitative estimate of drug-likeness (QED) is 0.166. The number of ether oxygens (including phenoxy) is 4. The summed E-state index contributed by atoms with van der Waals surface area (Å²) in [6.07, 6.45) is 0.430. The zero-order chi connectivity index (χ0) is 22.9. The Bertz CT molecular complexity index is 544. The van der Waals surface area contributed by atoms with E-state index in [1.807, 2.05) is 13.8 Å². The van der Waals surface area contributed by atoms with Crippen LogP contribution in [-0.4, -0.2) is 75.9 Å². The Kier molecular flexibility index (Phi) is 14.6. The number of nitrogens with one attached hydrogen (secondary N) is 2. The molecule has 0 aromatic carbocycles. The fourth-order valence-electron chi connectivity index (χ4n) is 2.05. The number of amides is 2. The molecule has 0 rings (SSSR count). The molecule has 2 N–H and O–H groups in total. The Hall–Kier alpha value is -2.07. The summed E-state index contributed by atoms with van der Waals surface area (Å²) < 4.78 is 21.5. The van der Waals surface area contributed by atoms with E-state index in [1.165, 1.54) is 0 Å². The van der Waals surface area contributed by atoms with E-state index in [0.29, 0.717) is 59.1 Å². The first-order valence-electron chi connectivity index (χ1n) is 10.1. The number of hydrogen-bond donors (Lipinski definition) is 2. The Morgan fingerprint density at radius 1 is 0.933 bits per heavy atom. The first-order chi connectivity index (χ1) is 14.1. The maximum Gasteiger partial charge on any atom is 0.407 e. The Balaban J connectivity index is 3.62. The van der Waals surface area contributed by atoms with Crippen molar-refractivity contribution < 1.29 is 28.5 Å². The molecular formula is C19H37N5O6. The van der Waals surface area contributed by atoms with Crippen molar-refractivity contribution >= 4 is 12.0 Å². The van der Waals surface area contributed by atoms with Gasteiger partial charge in [-0.05, 0) is 46.6 Å². The third-order valence-electron chi connectivity index (χ3n) is 3.55. The largest absolute Gasteiger partial charge is 0.444 e. The number of rotatable bonds is 16. The Morgan fingerprint density at radius 2 is 1.57 bits per heavy atom. The van der Waals surface area contributed by atoms with Gasteiger partial charge in [-0.1, -0.05) is 5.11 Å². The van der Waals surface area contributed by atoms with E-state index >= 15 is 0 Å². The van der Waals surface area contributed by atoms with Gasteiger partial charge in [0.25, 0.3) is 0 Å². The van der Waals surface area contributed by atoms with Gasteiger partial charge in [0.1, 0.15) is 5.60 Å². The molecule has 0 atom stereocenters. The molecule has 0 bridgehead atoms. The molecule has 0 aromatic rings. The van der Waals surface area contributed by atoms with Gasteiger partial charge in [0.15, 0.2) is 0 Å². The highest BCUT2D eigenvalue weighted by atomic mass is 16.6. The fraction of sp³-hybridized carbons (Fsp3) is 0.895. The van der Waals surface area contributed by atoms with E-state index < -0.39 is 17.3 Å². The molecule has 11 nitrogen and oxygen atoms in total. The summed E-state index contributed by atoms with van der Waals surface area (Å²) >= 11 is 0. The van der Waals surface area contributed by atoms with Gasteiger partial charge in [-0.25, -0.2) is 4.79 Å². The van der Waals surface area contributed by atoms with Crippen LogP contribution in [0.2, 0.25) is 0 Å². The number of nitrogens with zero attached hydrogens (tertiary/aromatic N) is 3. The molecule has 0 heterocycles. The summed E-state index contributed by atoms with van der Waals surface area (Å²) in [5.41, 5.74) is 7.23. The zero-order valence-electron chi connectivity index (χ0n) is 18.9. The van der Waals surface area contributed by atoms with E-state index in [0.717, 1.165) is 0 Å². The second kappa shape index (κ2) is 15.7. The van der Waals surface area contributed by atoms with Crippen LogP contribution in [0.5, 0.6) is 0 Å². The van der Waals surface area contributed by atoms with Crippen LogP contribution in [-0.2, 0) is 23.7 Å². The molecule has 0 saturated carbocycles. The second-order valence-electron chi connectivity index (χ2n) is 8.07. The summed E-state index contributed by atoms with van der Waals surface area (Å²) in [5, 5.41) is 8.73. The molecule has 0 unspecified atom stereocenters. The van der Waals surface area contributed by atoms with Crippen LogP contribution >= 0.6 is 0 Å². The predicted molar refractivity (Wildman–Crippen MR) is 112 cm³/mol. The van der Waals surface area contributed by atoms with Gasteiger partial charge in [0.05, 0.1) is 32.0 Å². The summed E-state index contributed by atoms with van der Waals surface area (Å²) in [6.45, 7) is 12.1. The Labute approximate surface area is 178 Å². The van der Waals surface area contributed by atoms with Gasteiger partial charge in [-0.15, -0.1) is 0 Å². The topological polar surface area (TPSA) is 144 Å². The number of alkyl carbamates (subject to hydrolysis) is 1. The molecule has 30 heavy (non-hydrogen) atoms. The van der Waals surface area contributed by atoms with E-state index in [-0.39, 0.29) is 12.3 Å². The van der Waals surface area contributed by atoms with Crippen molar-refractivity contribution in [3.8, 4) is 0 Å². The van der Waals surface area contributed by atoms with Crippen molar-refractivity contribution in [3.05, 3.63) is 10.4 Å². The van der Waals surface area contributed by atoms with Gasteiger partial charge < -0.3 is 29.6 Å². The summed E-state index contributed by atoms with van der Waals surface area (Å²) in [7, 11) is 0. The molecule has 0 aromatic heterocycles. The van der Waals surface area contributed by atoms with Crippen LogP contribution in [0.1, 0.15) is 47.5 Å². The van der Waals surface area contributed by atoms with Gasteiger partial charge in [0, 0.05) is 37.6 Å².